The van der Waals surface area contributed by atoms with Crippen LogP contribution < -0.4 is 10.6 Å². The molecule has 0 saturated carbocycles. The summed E-state index contributed by atoms with van der Waals surface area (Å²) in [5, 5.41) is 6.35. The summed E-state index contributed by atoms with van der Waals surface area (Å²) in [5.74, 6) is -0.0126. The van der Waals surface area contributed by atoms with Crippen molar-refractivity contribution in [2.75, 3.05) is 11.9 Å². The van der Waals surface area contributed by atoms with Crippen LogP contribution in [-0.2, 0) is 11.3 Å². The topological polar surface area (TPSA) is 46.1 Å². The lowest BCUT2D eigenvalue weighted by atomic mass is 10.2. The van der Waals surface area contributed by atoms with Gasteiger partial charge in [0.2, 0.25) is 5.91 Å². The zero-order valence-electron chi connectivity index (χ0n) is 12.7. The molecule has 1 atom stereocenters. The predicted molar refractivity (Wildman–Crippen MR) is 86.2 cm³/mol. The molecule has 0 aliphatic rings. The summed E-state index contributed by atoms with van der Waals surface area (Å²) >= 11 is 0. The third kappa shape index (κ3) is 4.46. The van der Waals surface area contributed by atoms with E-state index in [9.17, 15) is 4.79 Å². The largest absolute Gasteiger partial charge is 0.341 e. The number of anilines is 1. The van der Waals surface area contributed by atoms with Gasteiger partial charge in [-0.05, 0) is 44.2 Å². The Morgan fingerprint density at radius 3 is 2.67 bits per heavy atom. The van der Waals surface area contributed by atoms with Gasteiger partial charge in [-0.25, -0.2) is 0 Å². The highest BCUT2D eigenvalue weighted by atomic mass is 16.1. The summed E-state index contributed by atoms with van der Waals surface area (Å²) in [6.07, 6.45) is 3.05. The second-order valence-electron chi connectivity index (χ2n) is 5.15. The molecule has 1 heterocycles. The first kappa shape index (κ1) is 15.3. The van der Waals surface area contributed by atoms with E-state index in [1.807, 2.05) is 47.2 Å². The number of hydrogen-bond acceptors (Lipinski definition) is 2. The van der Waals surface area contributed by atoms with Gasteiger partial charge in [-0.1, -0.05) is 25.1 Å². The molecule has 0 bridgehead atoms. The zero-order valence-corrected chi connectivity index (χ0v) is 12.7. The van der Waals surface area contributed by atoms with Gasteiger partial charge in [0.05, 0.1) is 0 Å². The maximum atomic E-state index is 12.1. The number of amides is 1. The van der Waals surface area contributed by atoms with Crippen LogP contribution in [0.1, 0.15) is 32.0 Å². The molecule has 1 aromatic carbocycles. The van der Waals surface area contributed by atoms with E-state index in [1.165, 1.54) is 0 Å². The number of aromatic nitrogens is 1. The SMILES string of the molecule is CCCNC(C)c1cccn1CC(=O)Nc1ccccc1. The van der Waals surface area contributed by atoms with Gasteiger partial charge in [0.15, 0.2) is 0 Å². The van der Waals surface area contributed by atoms with E-state index < -0.39 is 0 Å². The van der Waals surface area contributed by atoms with Crippen LogP contribution in [-0.4, -0.2) is 17.0 Å². The van der Waals surface area contributed by atoms with Crippen molar-refractivity contribution in [3.63, 3.8) is 0 Å². The minimum Gasteiger partial charge on any atom is -0.341 e. The molecule has 1 amide bonds. The molecule has 1 aromatic heterocycles. The molecule has 2 N–H and O–H groups in total. The van der Waals surface area contributed by atoms with Gasteiger partial charge in [-0.2, -0.15) is 0 Å². The van der Waals surface area contributed by atoms with Crippen LogP contribution in [0.15, 0.2) is 48.7 Å². The van der Waals surface area contributed by atoms with Gasteiger partial charge in [-0.3, -0.25) is 4.79 Å². The molecule has 4 nitrogen and oxygen atoms in total. The Balaban J connectivity index is 1.97. The average molecular weight is 285 g/mol. The molecule has 0 fully saturated rings. The van der Waals surface area contributed by atoms with Crippen LogP contribution in [0.5, 0.6) is 0 Å². The first-order chi connectivity index (χ1) is 10.2. The molecule has 21 heavy (non-hydrogen) atoms. The molecule has 112 valence electrons. The Labute approximate surface area is 126 Å². The Kier molecular flexibility index (Phi) is 5.58. The molecule has 0 saturated heterocycles. The summed E-state index contributed by atoms with van der Waals surface area (Å²) in [6.45, 7) is 5.57. The van der Waals surface area contributed by atoms with Crippen molar-refractivity contribution in [3.8, 4) is 0 Å². The number of carbonyl (C=O) groups excluding carboxylic acids is 1. The fourth-order valence-electron chi connectivity index (χ4n) is 2.31. The van der Waals surface area contributed by atoms with Gasteiger partial charge in [-0.15, -0.1) is 0 Å². The maximum absolute atomic E-state index is 12.1. The molecule has 0 aliphatic heterocycles. The van der Waals surface area contributed by atoms with Crippen LogP contribution in [0.4, 0.5) is 5.69 Å². The number of para-hydroxylation sites is 1. The summed E-state index contributed by atoms with van der Waals surface area (Å²) in [7, 11) is 0. The highest BCUT2D eigenvalue weighted by molar-refractivity contribution is 5.90. The Bertz CT molecular complexity index is 562. The molecule has 0 radical (unpaired) electrons. The maximum Gasteiger partial charge on any atom is 0.244 e. The summed E-state index contributed by atoms with van der Waals surface area (Å²) in [6, 6.07) is 13.8. The Morgan fingerprint density at radius 1 is 1.19 bits per heavy atom. The van der Waals surface area contributed by atoms with Gasteiger partial charge < -0.3 is 15.2 Å². The average Bonchev–Trinajstić information content (AvgIpc) is 2.93. The van der Waals surface area contributed by atoms with Crippen LogP contribution >= 0.6 is 0 Å². The highest BCUT2D eigenvalue weighted by Gasteiger charge is 2.11. The van der Waals surface area contributed by atoms with Crippen molar-refractivity contribution in [1.29, 1.82) is 0 Å². The summed E-state index contributed by atoms with van der Waals surface area (Å²) in [5.41, 5.74) is 1.96. The normalized spacial score (nSPS) is 12.1. The molecule has 4 heteroatoms. The first-order valence-corrected chi connectivity index (χ1v) is 7.44. The Morgan fingerprint density at radius 2 is 1.95 bits per heavy atom. The molecule has 2 rings (SSSR count). The third-order valence-electron chi connectivity index (χ3n) is 3.38. The minimum absolute atomic E-state index is 0.0126. The molecule has 0 aliphatic carbocycles. The number of nitrogens with one attached hydrogen (secondary N) is 2. The van der Waals surface area contributed by atoms with Crippen molar-refractivity contribution in [2.45, 2.75) is 32.9 Å². The fourth-order valence-corrected chi connectivity index (χ4v) is 2.31. The number of carbonyl (C=O) groups is 1. The van der Waals surface area contributed by atoms with Crippen molar-refractivity contribution >= 4 is 11.6 Å². The van der Waals surface area contributed by atoms with Gasteiger partial charge in [0.25, 0.3) is 0 Å². The highest BCUT2D eigenvalue weighted by Crippen LogP contribution is 2.14. The van der Waals surface area contributed by atoms with Gasteiger partial charge in [0, 0.05) is 23.6 Å². The quantitative estimate of drug-likeness (QED) is 0.820. The minimum atomic E-state index is -0.0126. The zero-order chi connectivity index (χ0) is 15.1. The number of rotatable bonds is 7. The third-order valence-corrected chi connectivity index (χ3v) is 3.38. The van der Waals surface area contributed by atoms with Crippen molar-refractivity contribution < 1.29 is 4.79 Å². The number of hydrogen-bond donors (Lipinski definition) is 2. The standard InChI is InChI=1S/C17H23N3O/c1-3-11-18-14(2)16-10-7-12-20(16)13-17(21)19-15-8-5-4-6-9-15/h4-10,12,14,18H,3,11,13H2,1-2H3,(H,19,21). The first-order valence-electron chi connectivity index (χ1n) is 7.44. The lowest BCUT2D eigenvalue weighted by molar-refractivity contribution is -0.116. The molecular weight excluding hydrogens is 262 g/mol. The monoisotopic (exact) mass is 285 g/mol. The molecule has 2 aromatic rings. The van der Waals surface area contributed by atoms with E-state index in [0.717, 1.165) is 24.3 Å². The molecule has 0 spiro atoms. The number of nitrogens with zero attached hydrogens (tertiary/aromatic N) is 1. The van der Waals surface area contributed by atoms with Crippen molar-refractivity contribution in [3.05, 3.63) is 54.4 Å². The van der Waals surface area contributed by atoms with Crippen LogP contribution in [0, 0.1) is 0 Å². The van der Waals surface area contributed by atoms with Crippen LogP contribution in [0.25, 0.3) is 0 Å². The second kappa shape index (κ2) is 7.64. The summed E-state index contributed by atoms with van der Waals surface area (Å²) in [4.78, 5) is 12.1. The predicted octanol–water partition coefficient (Wildman–Crippen LogP) is 3.19. The van der Waals surface area contributed by atoms with E-state index >= 15 is 0 Å². The van der Waals surface area contributed by atoms with Crippen LogP contribution in [0.3, 0.4) is 0 Å². The van der Waals surface area contributed by atoms with E-state index in [1.54, 1.807) is 0 Å². The number of benzene rings is 1. The van der Waals surface area contributed by atoms with Crippen LogP contribution in [0.2, 0.25) is 0 Å². The van der Waals surface area contributed by atoms with E-state index in [-0.39, 0.29) is 11.9 Å². The van der Waals surface area contributed by atoms with E-state index in [2.05, 4.69) is 30.5 Å². The van der Waals surface area contributed by atoms with Crippen molar-refractivity contribution in [1.82, 2.24) is 9.88 Å². The van der Waals surface area contributed by atoms with E-state index in [4.69, 9.17) is 0 Å². The lowest BCUT2D eigenvalue weighted by Gasteiger charge is -2.16. The second-order valence-corrected chi connectivity index (χ2v) is 5.15. The van der Waals surface area contributed by atoms with Gasteiger partial charge >= 0.3 is 0 Å². The summed E-state index contributed by atoms with van der Waals surface area (Å²) < 4.78 is 1.99. The smallest absolute Gasteiger partial charge is 0.244 e. The lowest BCUT2D eigenvalue weighted by Crippen LogP contribution is -2.25. The fraction of sp³-hybridized carbons (Fsp3) is 0.353. The van der Waals surface area contributed by atoms with Crippen molar-refractivity contribution in [2.24, 2.45) is 0 Å². The molecular formula is C17H23N3O. The van der Waals surface area contributed by atoms with Gasteiger partial charge in [0.1, 0.15) is 6.54 Å². The molecule has 1 unspecified atom stereocenters. The Hall–Kier alpha value is -2.07. The van der Waals surface area contributed by atoms with E-state index in [0.29, 0.717) is 6.54 Å².